The molecule has 216 valence electrons. The van der Waals surface area contributed by atoms with Crippen LogP contribution in [0.2, 0.25) is 0 Å². The first-order valence-corrected chi connectivity index (χ1v) is 15.6. The molecule has 5 N–H and O–H groups in total. The van der Waals surface area contributed by atoms with E-state index < -0.39 is 59.7 Å². The Morgan fingerprint density at radius 1 is 1.08 bits per heavy atom. The van der Waals surface area contributed by atoms with Crippen molar-refractivity contribution in [1.82, 2.24) is 19.5 Å². The summed E-state index contributed by atoms with van der Waals surface area (Å²) in [5, 5.41) is 21.9. The van der Waals surface area contributed by atoms with Gasteiger partial charge in [0.2, 0.25) is 5.95 Å². The molecule has 1 aliphatic rings. The first kappa shape index (κ1) is 31.7. The molecule has 0 amide bonds. The van der Waals surface area contributed by atoms with Gasteiger partial charge in [0, 0.05) is 51.0 Å². The molecule has 3 heterocycles. The lowest BCUT2D eigenvalue weighted by Crippen LogP contribution is -2.44. The van der Waals surface area contributed by atoms with E-state index in [9.17, 15) is 28.7 Å². The summed E-state index contributed by atoms with van der Waals surface area (Å²) in [6.07, 6.45) is -4.47. The van der Waals surface area contributed by atoms with Gasteiger partial charge in [0.1, 0.15) is 17.8 Å². The Morgan fingerprint density at radius 2 is 1.63 bits per heavy atom. The van der Waals surface area contributed by atoms with Crippen LogP contribution in [0, 0.1) is 3.83 Å². The molecular formula is C15H25IN5O14P3. The van der Waals surface area contributed by atoms with Crippen LogP contribution in [-0.2, 0) is 49.7 Å². The zero-order chi connectivity index (χ0) is 28.7. The second-order valence-electron chi connectivity index (χ2n) is 7.60. The highest BCUT2D eigenvalue weighted by molar-refractivity contribution is 14.1. The third-order valence-electron chi connectivity index (χ3n) is 5.21. The maximum absolute atomic E-state index is 13.0. The molecule has 6 atom stereocenters. The van der Waals surface area contributed by atoms with Gasteiger partial charge in [0.15, 0.2) is 21.2 Å². The number of aliphatic hydroxyl groups is 2. The van der Waals surface area contributed by atoms with E-state index in [1.165, 1.54) is 11.5 Å². The third-order valence-corrected chi connectivity index (χ3v) is 11.4. The summed E-state index contributed by atoms with van der Waals surface area (Å²) in [5.41, 5.74) is 2.81. The van der Waals surface area contributed by atoms with Gasteiger partial charge in [0.25, 0.3) is 5.56 Å². The fraction of sp³-hybridized carbons (Fsp3) is 0.667. The van der Waals surface area contributed by atoms with Gasteiger partial charge in [-0.2, -0.15) is 13.6 Å². The Balaban J connectivity index is 1.85. The van der Waals surface area contributed by atoms with Gasteiger partial charge in [-0.25, -0.2) is 18.7 Å². The molecule has 3 unspecified atom stereocenters. The molecule has 0 spiro atoms. The van der Waals surface area contributed by atoms with Gasteiger partial charge in [-0.1, -0.05) is 0 Å². The maximum Gasteiger partial charge on any atom is 0.492 e. The van der Waals surface area contributed by atoms with E-state index in [2.05, 4.69) is 32.8 Å². The lowest BCUT2D eigenvalue weighted by Gasteiger charge is -2.27. The Kier molecular flexibility index (Phi) is 9.65. The van der Waals surface area contributed by atoms with Gasteiger partial charge in [-0.05, 0) is 6.92 Å². The number of nitrogens with two attached hydrogens (primary N) is 1. The first-order valence-electron chi connectivity index (χ1n) is 10.2. The minimum atomic E-state index is -4.94. The van der Waals surface area contributed by atoms with Crippen LogP contribution >= 0.6 is 46.1 Å². The Hall–Kier alpha value is -0.830. The topological polar surface area (TPSA) is 255 Å². The molecule has 23 heteroatoms. The smallest absolute Gasteiger partial charge is 0.387 e. The number of nitrogen functional groups attached to an aromatic ring is 1. The molecule has 1 aliphatic heterocycles. The molecule has 2 aromatic rings. The molecule has 0 aromatic carbocycles. The highest BCUT2D eigenvalue weighted by atomic mass is 127. The summed E-state index contributed by atoms with van der Waals surface area (Å²) >= 11 is 1.77. The van der Waals surface area contributed by atoms with Crippen LogP contribution in [-0.4, -0.2) is 82.6 Å². The number of nitrogens with zero attached hydrogens (tertiary/aromatic N) is 3. The molecule has 1 saturated heterocycles. The Labute approximate surface area is 228 Å². The number of anilines is 1. The number of H-pyrrole nitrogens is 1. The number of phosphoric ester groups is 2. The lowest BCUT2D eigenvalue weighted by molar-refractivity contribution is -0.0960. The Bertz CT molecular complexity index is 1370. The molecule has 1 fully saturated rings. The number of hydrogen-bond acceptors (Lipinski definition) is 17. The Morgan fingerprint density at radius 3 is 2.18 bits per heavy atom. The number of nitrogens with one attached hydrogen (secondary N) is 1. The number of rotatable bonds is 12. The van der Waals surface area contributed by atoms with Crippen LogP contribution < -0.4 is 11.3 Å². The fourth-order valence-electron chi connectivity index (χ4n) is 3.28. The molecule has 19 nitrogen and oxygen atoms in total. The zero-order valence-corrected chi connectivity index (χ0v) is 25.2. The van der Waals surface area contributed by atoms with Crippen molar-refractivity contribution in [1.29, 1.82) is 0 Å². The minimum Gasteiger partial charge on any atom is -0.387 e. The van der Waals surface area contributed by atoms with E-state index in [1.54, 1.807) is 22.6 Å². The van der Waals surface area contributed by atoms with Crippen LogP contribution in [0.4, 0.5) is 5.95 Å². The second kappa shape index (κ2) is 11.6. The van der Waals surface area contributed by atoms with Crippen molar-refractivity contribution in [2.24, 2.45) is 0 Å². The van der Waals surface area contributed by atoms with Crippen molar-refractivity contribution in [3.63, 3.8) is 0 Å². The van der Waals surface area contributed by atoms with Crippen molar-refractivity contribution >= 4 is 63.2 Å². The van der Waals surface area contributed by atoms with Crippen LogP contribution in [0.15, 0.2) is 4.79 Å². The van der Waals surface area contributed by atoms with Crippen molar-refractivity contribution in [2.75, 3.05) is 40.8 Å². The largest absolute Gasteiger partial charge is 0.492 e. The average molecular weight is 719 g/mol. The van der Waals surface area contributed by atoms with Crippen LogP contribution in [0.3, 0.4) is 0 Å². The van der Waals surface area contributed by atoms with Crippen molar-refractivity contribution in [2.45, 2.75) is 31.0 Å². The molecular weight excluding hydrogens is 694 g/mol. The molecule has 0 aliphatic carbocycles. The number of aromatic amines is 1. The van der Waals surface area contributed by atoms with Crippen molar-refractivity contribution < 1.29 is 59.9 Å². The van der Waals surface area contributed by atoms with Crippen LogP contribution in [0.25, 0.3) is 11.2 Å². The summed E-state index contributed by atoms with van der Waals surface area (Å²) in [7, 11) is -10.7. The predicted octanol–water partition coefficient (Wildman–Crippen LogP) is 1.28. The van der Waals surface area contributed by atoms with E-state index in [0.717, 1.165) is 28.4 Å². The molecule has 0 saturated carbocycles. The average Bonchev–Trinajstić information content (AvgIpc) is 3.29. The van der Waals surface area contributed by atoms with E-state index >= 15 is 0 Å². The van der Waals surface area contributed by atoms with E-state index in [-0.39, 0.29) is 20.9 Å². The van der Waals surface area contributed by atoms with E-state index in [4.69, 9.17) is 23.8 Å². The number of imidazole rings is 1. The standard InChI is InChI=1S/C15H25IN5O14P3/c1-15(24)9(22)7(33-12(15)21-10-8(18-13(21)16)11(23)20-14(17)19-10)6-32-37(26,30-4)35-38(27,31-5)34-36(25,28-2)29-3/h7,9,12,22,24H,6H2,1-5H3,(H3,17,19,20,23)/t7-,9-,12?,15-,37?,38?/m1/s1. The van der Waals surface area contributed by atoms with Gasteiger partial charge in [0.05, 0.1) is 6.61 Å². The monoisotopic (exact) mass is 719 g/mol. The number of aromatic nitrogens is 4. The zero-order valence-electron chi connectivity index (χ0n) is 20.4. The number of phosphoric acid groups is 3. The molecule has 0 bridgehead atoms. The highest BCUT2D eigenvalue weighted by Crippen LogP contribution is 2.72. The number of halogens is 1. The molecule has 38 heavy (non-hydrogen) atoms. The minimum absolute atomic E-state index is 0.0421. The molecule has 0 radical (unpaired) electrons. The highest BCUT2D eigenvalue weighted by Gasteiger charge is 2.55. The summed E-state index contributed by atoms with van der Waals surface area (Å²) in [4.78, 5) is 22.7. The van der Waals surface area contributed by atoms with Crippen molar-refractivity contribution in [3.05, 3.63) is 14.2 Å². The van der Waals surface area contributed by atoms with E-state index in [1.807, 2.05) is 0 Å². The van der Waals surface area contributed by atoms with Crippen LogP contribution in [0.5, 0.6) is 0 Å². The molecule has 3 rings (SSSR count). The lowest BCUT2D eigenvalue weighted by atomic mass is 9.96. The fourth-order valence-corrected chi connectivity index (χ4v) is 8.45. The van der Waals surface area contributed by atoms with Crippen molar-refractivity contribution in [3.8, 4) is 0 Å². The quantitative estimate of drug-likeness (QED) is 0.137. The maximum atomic E-state index is 13.0. The summed E-state index contributed by atoms with van der Waals surface area (Å²) in [5.74, 6) is -0.229. The predicted molar refractivity (Wildman–Crippen MR) is 135 cm³/mol. The van der Waals surface area contributed by atoms with Gasteiger partial charge in [-0.15, -0.1) is 0 Å². The van der Waals surface area contributed by atoms with Crippen LogP contribution in [0.1, 0.15) is 13.2 Å². The number of fused-ring (bicyclic) bond motifs is 1. The second-order valence-corrected chi connectivity index (χ2v) is 14.3. The van der Waals surface area contributed by atoms with Gasteiger partial charge >= 0.3 is 23.5 Å². The summed E-state index contributed by atoms with van der Waals surface area (Å²) in [6.45, 7) is 0.460. The summed E-state index contributed by atoms with van der Waals surface area (Å²) < 4.78 is 77.9. The van der Waals surface area contributed by atoms with Gasteiger partial charge < -0.3 is 20.7 Å². The number of aliphatic hydroxyl groups excluding tert-OH is 1. The summed E-state index contributed by atoms with van der Waals surface area (Å²) in [6, 6.07) is 0. The third kappa shape index (κ3) is 6.23. The number of hydrogen-bond donors (Lipinski definition) is 4. The SMILES string of the molecule is COP(=O)(OC)OP(=O)(OC)OP(=O)(OC)OC[C@H]1OC(n2c(I)nc3c(=O)[nH]c(N)nc32)[C@](C)(O)[C@@H]1O. The molecule has 2 aromatic heterocycles. The number of ether oxygens (including phenoxy) is 1. The first-order chi connectivity index (χ1) is 17.6. The normalized spacial score (nSPS) is 27.4. The van der Waals surface area contributed by atoms with Gasteiger partial charge in [-0.3, -0.25) is 37.0 Å². The van der Waals surface area contributed by atoms with E-state index in [0.29, 0.717) is 0 Å².